The topological polar surface area (TPSA) is 37.4 Å². The van der Waals surface area contributed by atoms with E-state index >= 15 is 0 Å². The van der Waals surface area contributed by atoms with Gasteiger partial charge in [0.1, 0.15) is 5.37 Å². The van der Waals surface area contributed by atoms with Crippen molar-refractivity contribution in [2.45, 2.75) is 11.8 Å². The Morgan fingerprint density at radius 3 is 3.10 bits per heavy atom. The Morgan fingerprint density at radius 2 is 2.50 bits per heavy atom. The summed E-state index contributed by atoms with van der Waals surface area (Å²) in [5.74, 6) is 0.698. The van der Waals surface area contributed by atoms with E-state index in [1.54, 1.807) is 17.2 Å². The minimum absolute atomic E-state index is 0.00231. The number of nitrogens with zero attached hydrogens (tertiary/aromatic N) is 1. The molecule has 0 aliphatic carbocycles. The molecule has 0 bridgehead atoms. The number of carbonyl (C=O) groups excluding carboxylic acids is 1. The lowest BCUT2D eigenvalue weighted by atomic mass is 10.2. The second kappa shape index (κ2) is 1.92. The minimum Gasteiger partial charge on any atom is -0.304 e. The van der Waals surface area contributed by atoms with Gasteiger partial charge in [-0.3, -0.25) is 9.00 Å². The van der Waals surface area contributed by atoms with Crippen LogP contribution in [0.3, 0.4) is 0 Å². The number of carbonyl (C=O) groups is 1. The van der Waals surface area contributed by atoms with Crippen LogP contribution < -0.4 is 0 Å². The molecule has 0 spiro atoms. The molecule has 0 aromatic carbocycles. The smallest absolute Gasteiger partial charge is 0.230 e. The second-order valence-electron chi connectivity index (χ2n) is 2.39. The molecule has 54 valence electrons. The van der Waals surface area contributed by atoms with E-state index in [1.165, 1.54) is 0 Å². The highest BCUT2D eigenvalue weighted by Crippen LogP contribution is 2.25. The number of rotatable bonds is 0. The summed E-state index contributed by atoms with van der Waals surface area (Å²) in [5, 5.41) is -0.00231. The van der Waals surface area contributed by atoms with Crippen molar-refractivity contribution < 1.29 is 9.00 Å². The van der Waals surface area contributed by atoms with Crippen molar-refractivity contribution in [3.05, 3.63) is 12.3 Å². The van der Waals surface area contributed by atoms with Crippen LogP contribution >= 0.6 is 0 Å². The lowest BCUT2D eigenvalue weighted by Crippen LogP contribution is -2.53. The van der Waals surface area contributed by atoms with Gasteiger partial charge >= 0.3 is 0 Å². The Balaban J connectivity index is 2.25. The van der Waals surface area contributed by atoms with Gasteiger partial charge in [-0.1, -0.05) is 6.08 Å². The fourth-order valence-electron chi connectivity index (χ4n) is 1.16. The van der Waals surface area contributed by atoms with Gasteiger partial charge in [-0.15, -0.1) is 0 Å². The normalized spacial score (nSPS) is 37.2. The molecule has 0 aromatic rings. The zero-order valence-electron chi connectivity index (χ0n) is 5.32. The van der Waals surface area contributed by atoms with Gasteiger partial charge in [0, 0.05) is 22.8 Å². The van der Waals surface area contributed by atoms with E-state index in [-0.39, 0.29) is 11.3 Å². The maximum atomic E-state index is 11.1. The van der Waals surface area contributed by atoms with Crippen molar-refractivity contribution in [1.82, 2.24) is 4.90 Å². The fraction of sp³-hybridized carbons (Fsp3) is 0.500. The third-order valence-corrected chi connectivity index (χ3v) is 3.30. The van der Waals surface area contributed by atoms with Gasteiger partial charge in [-0.25, -0.2) is 0 Å². The van der Waals surface area contributed by atoms with Crippen LogP contribution in [0.25, 0.3) is 0 Å². The summed E-state index contributed by atoms with van der Waals surface area (Å²) in [7, 11) is -0.831. The molecule has 1 unspecified atom stereocenters. The lowest BCUT2D eigenvalue weighted by molar-refractivity contribution is -0.137. The summed E-state index contributed by atoms with van der Waals surface area (Å²) in [6.45, 7) is 0. The van der Waals surface area contributed by atoms with Crippen LogP contribution in [-0.4, -0.2) is 26.1 Å². The van der Waals surface area contributed by atoms with Crippen molar-refractivity contribution in [3.8, 4) is 0 Å². The molecule has 3 nitrogen and oxygen atoms in total. The van der Waals surface area contributed by atoms with Crippen LogP contribution in [0.1, 0.15) is 6.42 Å². The largest absolute Gasteiger partial charge is 0.304 e. The van der Waals surface area contributed by atoms with Gasteiger partial charge in [0.25, 0.3) is 0 Å². The van der Waals surface area contributed by atoms with E-state index in [4.69, 9.17) is 0 Å². The van der Waals surface area contributed by atoms with Crippen LogP contribution in [0.15, 0.2) is 12.3 Å². The fourth-order valence-corrected chi connectivity index (χ4v) is 2.43. The lowest BCUT2D eigenvalue weighted by Gasteiger charge is -2.38. The third kappa shape index (κ3) is 0.653. The van der Waals surface area contributed by atoms with Gasteiger partial charge < -0.3 is 4.90 Å². The zero-order valence-corrected chi connectivity index (χ0v) is 6.13. The third-order valence-electron chi connectivity index (χ3n) is 1.78. The molecule has 0 radical (unpaired) electrons. The number of hydrogen-bond donors (Lipinski definition) is 0. The summed E-state index contributed by atoms with van der Waals surface area (Å²) in [5.41, 5.74) is 0. The van der Waals surface area contributed by atoms with Gasteiger partial charge in [-0.05, 0) is 0 Å². The van der Waals surface area contributed by atoms with E-state index in [2.05, 4.69) is 0 Å². The highest BCUT2D eigenvalue weighted by molar-refractivity contribution is 7.85. The minimum atomic E-state index is -0.831. The van der Waals surface area contributed by atoms with Crippen molar-refractivity contribution in [3.63, 3.8) is 0 Å². The van der Waals surface area contributed by atoms with Crippen LogP contribution in [0.2, 0.25) is 0 Å². The van der Waals surface area contributed by atoms with Crippen LogP contribution in [0.4, 0.5) is 0 Å². The highest BCUT2D eigenvalue weighted by Gasteiger charge is 2.40. The van der Waals surface area contributed by atoms with Crippen molar-refractivity contribution in [1.29, 1.82) is 0 Å². The molecule has 0 N–H and O–H groups in total. The summed E-state index contributed by atoms with van der Waals surface area (Å²) < 4.78 is 11.1. The monoisotopic (exact) mass is 157 g/mol. The first-order valence-corrected chi connectivity index (χ1v) is 4.52. The van der Waals surface area contributed by atoms with Crippen molar-refractivity contribution in [2.75, 3.05) is 5.75 Å². The molecule has 0 saturated carbocycles. The summed E-state index contributed by atoms with van der Waals surface area (Å²) in [4.78, 5) is 12.3. The number of β-lactam (4-membered cyclic amide) rings is 1. The standard InChI is InChI=1S/C6H7NO2S/c8-5-4-6-7(5)2-1-3-10(6)9/h1-2,6H,3-4H2/t6-,10?/m1/s1. The first kappa shape index (κ1) is 6.09. The summed E-state index contributed by atoms with van der Waals surface area (Å²) >= 11 is 0. The molecule has 1 amide bonds. The molecule has 1 saturated heterocycles. The van der Waals surface area contributed by atoms with E-state index in [0.717, 1.165) is 0 Å². The summed E-state index contributed by atoms with van der Waals surface area (Å²) in [6, 6.07) is 0. The first-order valence-electron chi connectivity index (χ1n) is 3.14. The van der Waals surface area contributed by atoms with Gasteiger partial charge in [-0.2, -0.15) is 0 Å². The predicted molar refractivity (Wildman–Crippen MR) is 37.4 cm³/mol. The van der Waals surface area contributed by atoms with E-state index in [0.29, 0.717) is 12.2 Å². The van der Waals surface area contributed by atoms with Crippen molar-refractivity contribution in [2.24, 2.45) is 0 Å². The highest BCUT2D eigenvalue weighted by atomic mass is 32.2. The molecule has 4 heteroatoms. The molecule has 2 aliphatic rings. The number of hydrogen-bond acceptors (Lipinski definition) is 2. The van der Waals surface area contributed by atoms with Gasteiger partial charge in [0.05, 0.1) is 6.42 Å². The Hall–Kier alpha value is -0.640. The van der Waals surface area contributed by atoms with E-state index < -0.39 is 10.8 Å². The Bertz CT molecular complexity index is 236. The van der Waals surface area contributed by atoms with Gasteiger partial charge in [0.15, 0.2) is 0 Å². The molecule has 2 atom stereocenters. The molecule has 2 rings (SSSR count). The molecule has 1 fully saturated rings. The maximum absolute atomic E-state index is 11.1. The SMILES string of the molecule is O=C1C[C@@H]2N1C=CCS2=O. The maximum Gasteiger partial charge on any atom is 0.230 e. The molecular formula is C6H7NO2S. The predicted octanol–water partition coefficient (Wildman–Crippen LogP) is -0.179. The molecule has 2 aliphatic heterocycles. The van der Waals surface area contributed by atoms with Crippen LogP contribution in [-0.2, 0) is 15.6 Å². The Kier molecular flexibility index (Phi) is 1.17. The second-order valence-corrected chi connectivity index (χ2v) is 4.03. The molecule has 0 aromatic heterocycles. The molecular weight excluding hydrogens is 150 g/mol. The van der Waals surface area contributed by atoms with Crippen LogP contribution in [0.5, 0.6) is 0 Å². The molecule has 2 heterocycles. The van der Waals surface area contributed by atoms with Gasteiger partial charge in [0.2, 0.25) is 5.91 Å². The quantitative estimate of drug-likeness (QED) is 0.457. The average Bonchev–Trinajstić information content (AvgIpc) is 1.91. The Morgan fingerprint density at radius 1 is 1.70 bits per heavy atom. The number of fused-ring (bicyclic) bond motifs is 1. The van der Waals surface area contributed by atoms with Crippen LogP contribution in [0, 0.1) is 0 Å². The van der Waals surface area contributed by atoms with E-state index in [9.17, 15) is 9.00 Å². The Labute approximate surface area is 61.2 Å². The summed E-state index contributed by atoms with van der Waals surface area (Å²) in [6.07, 6.45) is 3.98. The average molecular weight is 157 g/mol. The zero-order chi connectivity index (χ0) is 7.14. The molecule has 10 heavy (non-hydrogen) atoms. The van der Waals surface area contributed by atoms with E-state index in [1.807, 2.05) is 0 Å². The number of amides is 1. The first-order chi connectivity index (χ1) is 4.79. The van der Waals surface area contributed by atoms with Crippen molar-refractivity contribution >= 4 is 16.7 Å².